The number of hydrogen-bond donors (Lipinski definition) is 1. The van der Waals surface area contributed by atoms with Gasteiger partial charge in [0.15, 0.2) is 0 Å². The van der Waals surface area contributed by atoms with Gasteiger partial charge < -0.3 is 5.32 Å². The normalized spacial score (nSPS) is 27.0. The van der Waals surface area contributed by atoms with Crippen LogP contribution in [0.3, 0.4) is 0 Å². The lowest BCUT2D eigenvalue weighted by atomic mass is 9.71. The summed E-state index contributed by atoms with van der Waals surface area (Å²) in [7, 11) is 0. The Kier molecular flexibility index (Phi) is 3.13. The van der Waals surface area contributed by atoms with Crippen LogP contribution in [0.5, 0.6) is 0 Å². The first-order chi connectivity index (χ1) is 6.79. The second-order valence-electron chi connectivity index (χ2n) is 5.22. The maximum atomic E-state index is 3.36. The molecule has 0 unspecified atom stereocenters. The Hall–Kier alpha value is -0.0800. The highest BCUT2D eigenvalue weighted by molar-refractivity contribution is 5.00. The van der Waals surface area contributed by atoms with Gasteiger partial charge in [0.1, 0.15) is 0 Å². The van der Waals surface area contributed by atoms with Gasteiger partial charge in [-0.2, -0.15) is 0 Å². The van der Waals surface area contributed by atoms with Crippen LogP contribution in [-0.4, -0.2) is 37.1 Å². The molecule has 2 aliphatic heterocycles. The Morgan fingerprint density at radius 1 is 1.14 bits per heavy atom. The zero-order chi connectivity index (χ0) is 10.0. The third-order valence-corrected chi connectivity index (χ3v) is 3.91. The van der Waals surface area contributed by atoms with Gasteiger partial charge in [0.2, 0.25) is 0 Å². The highest BCUT2D eigenvalue weighted by Gasteiger charge is 2.44. The lowest BCUT2D eigenvalue weighted by Crippen LogP contribution is -2.67. The summed E-state index contributed by atoms with van der Waals surface area (Å²) in [5.41, 5.74) is 0.707. The molecule has 0 amide bonds. The van der Waals surface area contributed by atoms with Gasteiger partial charge in [-0.3, -0.25) is 4.90 Å². The molecule has 0 spiro atoms. The highest BCUT2D eigenvalue weighted by atomic mass is 15.3. The molecule has 82 valence electrons. The summed E-state index contributed by atoms with van der Waals surface area (Å²) in [6, 6.07) is 0.872. The fourth-order valence-electron chi connectivity index (χ4n) is 3.11. The van der Waals surface area contributed by atoms with Crippen LogP contribution in [0.15, 0.2) is 0 Å². The summed E-state index contributed by atoms with van der Waals surface area (Å²) >= 11 is 0. The molecule has 2 rings (SSSR count). The van der Waals surface area contributed by atoms with Gasteiger partial charge in [-0.15, -0.1) is 0 Å². The van der Waals surface area contributed by atoms with E-state index in [4.69, 9.17) is 0 Å². The SMILES string of the molecule is CCCC1(CCC)CN(C2CNC2)C1. The number of nitrogens with one attached hydrogen (secondary N) is 1. The van der Waals surface area contributed by atoms with Crippen molar-refractivity contribution in [2.75, 3.05) is 26.2 Å². The molecular weight excluding hydrogens is 172 g/mol. The van der Waals surface area contributed by atoms with E-state index in [0.29, 0.717) is 5.41 Å². The van der Waals surface area contributed by atoms with Gasteiger partial charge in [0.05, 0.1) is 0 Å². The quantitative estimate of drug-likeness (QED) is 0.722. The number of hydrogen-bond acceptors (Lipinski definition) is 2. The first-order valence-corrected chi connectivity index (χ1v) is 6.24. The highest BCUT2D eigenvalue weighted by Crippen LogP contribution is 2.40. The molecule has 0 aromatic heterocycles. The predicted octanol–water partition coefficient (Wildman–Crippen LogP) is 1.86. The molecule has 0 aromatic rings. The molecule has 0 bridgehead atoms. The first-order valence-electron chi connectivity index (χ1n) is 6.24. The third kappa shape index (κ3) is 1.82. The smallest absolute Gasteiger partial charge is 0.0345 e. The van der Waals surface area contributed by atoms with Crippen molar-refractivity contribution >= 4 is 0 Å². The maximum absolute atomic E-state index is 3.36. The minimum absolute atomic E-state index is 0.707. The minimum Gasteiger partial charge on any atom is -0.314 e. The van der Waals surface area contributed by atoms with Crippen molar-refractivity contribution in [3.63, 3.8) is 0 Å². The van der Waals surface area contributed by atoms with E-state index < -0.39 is 0 Å². The van der Waals surface area contributed by atoms with Crippen molar-refractivity contribution < 1.29 is 0 Å². The Morgan fingerprint density at radius 3 is 2.07 bits per heavy atom. The molecule has 2 fully saturated rings. The fourth-order valence-corrected chi connectivity index (χ4v) is 3.11. The topological polar surface area (TPSA) is 15.3 Å². The fraction of sp³-hybridized carbons (Fsp3) is 1.00. The van der Waals surface area contributed by atoms with Crippen molar-refractivity contribution in [2.45, 2.75) is 45.6 Å². The number of rotatable bonds is 5. The average Bonchev–Trinajstić information content (AvgIpc) is 1.99. The summed E-state index contributed by atoms with van der Waals surface area (Å²) in [5.74, 6) is 0. The molecule has 2 heteroatoms. The van der Waals surface area contributed by atoms with Crippen LogP contribution in [0.25, 0.3) is 0 Å². The molecule has 1 N–H and O–H groups in total. The number of likely N-dealkylation sites (tertiary alicyclic amines) is 1. The lowest BCUT2D eigenvalue weighted by Gasteiger charge is -2.56. The monoisotopic (exact) mass is 196 g/mol. The molecule has 0 aromatic carbocycles. The van der Waals surface area contributed by atoms with Crippen LogP contribution < -0.4 is 5.32 Å². The van der Waals surface area contributed by atoms with Crippen LogP contribution in [0.4, 0.5) is 0 Å². The van der Waals surface area contributed by atoms with Gasteiger partial charge in [0.25, 0.3) is 0 Å². The number of nitrogens with zero attached hydrogens (tertiary/aromatic N) is 1. The van der Waals surface area contributed by atoms with Crippen molar-refractivity contribution in [1.29, 1.82) is 0 Å². The average molecular weight is 196 g/mol. The lowest BCUT2D eigenvalue weighted by molar-refractivity contribution is -0.0564. The van der Waals surface area contributed by atoms with Gasteiger partial charge in [-0.1, -0.05) is 26.7 Å². The van der Waals surface area contributed by atoms with Crippen molar-refractivity contribution in [3.8, 4) is 0 Å². The van der Waals surface area contributed by atoms with Gasteiger partial charge >= 0.3 is 0 Å². The summed E-state index contributed by atoms with van der Waals surface area (Å²) in [4.78, 5) is 2.68. The minimum atomic E-state index is 0.707. The summed E-state index contributed by atoms with van der Waals surface area (Å²) < 4.78 is 0. The van der Waals surface area contributed by atoms with Gasteiger partial charge in [-0.25, -0.2) is 0 Å². The summed E-state index contributed by atoms with van der Waals surface area (Å²) in [6.07, 6.45) is 5.60. The first kappa shape index (κ1) is 10.4. The Bertz CT molecular complexity index is 173. The summed E-state index contributed by atoms with van der Waals surface area (Å²) in [6.45, 7) is 9.86. The van der Waals surface area contributed by atoms with Crippen molar-refractivity contribution in [2.24, 2.45) is 5.41 Å². The molecule has 2 nitrogen and oxygen atoms in total. The van der Waals surface area contributed by atoms with E-state index in [2.05, 4.69) is 24.1 Å². The molecule has 2 heterocycles. The zero-order valence-electron chi connectivity index (χ0n) is 9.68. The second kappa shape index (κ2) is 4.19. The van der Waals surface area contributed by atoms with Crippen LogP contribution >= 0.6 is 0 Å². The van der Waals surface area contributed by atoms with E-state index in [9.17, 15) is 0 Å². The van der Waals surface area contributed by atoms with Crippen LogP contribution in [0.2, 0.25) is 0 Å². The molecule has 14 heavy (non-hydrogen) atoms. The molecule has 2 aliphatic rings. The summed E-state index contributed by atoms with van der Waals surface area (Å²) in [5, 5.41) is 3.36. The Morgan fingerprint density at radius 2 is 1.71 bits per heavy atom. The standard InChI is InChI=1S/C12H24N2/c1-3-5-12(6-4-2)9-14(10-12)11-7-13-8-11/h11,13H,3-10H2,1-2H3. The molecule has 2 saturated heterocycles. The molecular formula is C12H24N2. The third-order valence-electron chi connectivity index (χ3n) is 3.91. The predicted molar refractivity (Wildman–Crippen MR) is 60.5 cm³/mol. The van der Waals surface area contributed by atoms with E-state index in [-0.39, 0.29) is 0 Å². The molecule has 0 aliphatic carbocycles. The second-order valence-corrected chi connectivity index (χ2v) is 5.22. The van der Waals surface area contributed by atoms with E-state index in [0.717, 1.165) is 6.04 Å². The van der Waals surface area contributed by atoms with E-state index in [1.54, 1.807) is 0 Å². The van der Waals surface area contributed by atoms with E-state index in [1.807, 2.05) is 0 Å². The Balaban J connectivity index is 1.79. The van der Waals surface area contributed by atoms with Crippen molar-refractivity contribution in [1.82, 2.24) is 10.2 Å². The largest absolute Gasteiger partial charge is 0.314 e. The molecule has 0 saturated carbocycles. The van der Waals surface area contributed by atoms with Gasteiger partial charge in [0, 0.05) is 32.2 Å². The van der Waals surface area contributed by atoms with Crippen LogP contribution in [0, 0.1) is 5.41 Å². The van der Waals surface area contributed by atoms with Crippen LogP contribution in [-0.2, 0) is 0 Å². The van der Waals surface area contributed by atoms with Gasteiger partial charge in [-0.05, 0) is 18.3 Å². The zero-order valence-corrected chi connectivity index (χ0v) is 9.68. The molecule has 0 atom stereocenters. The van der Waals surface area contributed by atoms with Crippen molar-refractivity contribution in [3.05, 3.63) is 0 Å². The molecule has 0 radical (unpaired) electrons. The maximum Gasteiger partial charge on any atom is 0.0345 e. The Labute approximate surface area is 88.1 Å². The van der Waals surface area contributed by atoms with E-state index >= 15 is 0 Å². The van der Waals surface area contributed by atoms with Crippen LogP contribution in [0.1, 0.15) is 39.5 Å². The van der Waals surface area contributed by atoms with E-state index in [1.165, 1.54) is 51.9 Å².